The first-order valence-electron chi connectivity index (χ1n) is 8.28. The summed E-state index contributed by atoms with van der Waals surface area (Å²) in [6, 6.07) is -0.678. The number of hydrogen-bond acceptors (Lipinski definition) is 3. The molecular formula is C16H29F3N2O2. The van der Waals surface area contributed by atoms with E-state index < -0.39 is 29.8 Å². The summed E-state index contributed by atoms with van der Waals surface area (Å²) in [4.78, 5) is 11.6. The molecule has 1 fully saturated rings. The van der Waals surface area contributed by atoms with Crippen LogP contribution in [0.4, 0.5) is 18.0 Å². The molecule has 1 rings (SSSR count). The van der Waals surface area contributed by atoms with Gasteiger partial charge >= 0.3 is 12.3 Å². The van der Waals surface area contributed by atoms with Crippen LogP contribution in [0.1, 0.15) is 59.8 Å². The standard InChI is InChI=1S/C16H29F3N2O2/c1-11(21-14(22)23-15(2,3)4)9-10-20-13-8-6-5-7-12(13)16(17,18)19/h11-13,20H,5-10H2,1-4H3,(H,21,22). The van der Waals surface area contributed by atoms with Crippen LogP contribution in [0.5, 0.6) is 0 Å². The number of nitrogens with one attached hydrogen (secondary N) is 2. The van der Waals surface area contributed by atoms with Gasteiger partial charge in [-0.1, -0.05) is 12.8 Å². The van der Waals surface area contributed by atoms with Gasteiger partial charge in [0.05, 0.1) is 5.92 Å². The molecule has 3 atom stereocenters. The summed E-state index contributed by atoms with van der Waals surface area (Å²) in [5, 5.41) is 5.71. The number of alkyl carbamates (subject to hydrolysis) is 1. The van der Waals surface area contributed by atoms with Crippen LogP contribution in [0, 0.1) is 5.92 Å². The van der Waals surface area contributed by atoms with Crippen LogP contribution in [-0.2, 0) is 4.74 Å². The van der Waals surface area contributed by atoms with Gasteiger partial charge in [-0.3, -0.25) is 0 Å². The Balaban J connectivity index is 2.33. The average molecular weight is 338 g/mol. The smallest absolute Gasteiger partial charge is 0.407 e. The lowest BCUT2D eigenvalue weighted by Gasteiger charge is -2.34. The van der Waals surface area contributed by atoms with Crippen molar-refractivity contribution in [2.75, 3.05) is 6.54 Å². The second kappa shape index (κ2) is 8.22. The second-order valence-corrected chi connectivity index (χ2v) is 7.33. The number of rotatable bonds is 5. The number of carbonyl (C=O) groups excluding carboxylic acids is 1. The zero-order chi connectivity index (χ0) is 17.7. The lowest BCUT2D eigenvalue weighted by molar-refractivity contribution is -0.188. The molecule has 0 aromatic heterocycles. The largest absolute Gasteiger partial charge is 0.444 e. The second-order valence-electron chi connectivity index (χ2n) is 7.33. The van der Waals surface area contributed by atoms with Gasteiger partial charge in [0, 0.05) is 12.1 Å². The van der Waals surface area contributed by atoms with Crippen LogP contribution in [-0.4, -0.2) is 36.5 Å². The Kier molecular flexibility index (Phi) is 7.17. The van der Waals surface area contributed by atoms with Crippen LogP contribution >= 0.6 is 0 Å². The van der Waals surface area contributed by atoms with Gasteiger partial charge in [-0.2, -0.15) is 13.2 Å². The molecule has 23 heavy (non-hydrogen) atoms. The predicted molar refractivity (Wildman–Crippen MR) is 83.3 cm³/mol. The van der Waals surface area contributed by atoms with Crippen molar-refractivity contribution in [1.29, 1.82) is 0 Å². The van der Waals surface area contributed by atoms with Gasteiger partial charge in [-0.25, -0.2) is 4.79 Å². The third-order valence-electron chi connectivity index (χ3n) is 3.93. The normalized spacial score (nSPS) is 24.1. The minimum atomic E-state index is -4.14. The number of carbonyl (C=O) groups is 1. The van der Waals surface area contributed by atoms with Crippen molar-refractivity contribution in [2.24, 2.45) is 5.92 Å². The fourth-order valence-electron chi connectivity index (χ4n) is 2.83. The number of alkyl halides is 3. The van der Waals surface area contributed by atoms with Crippen molar-refractivity contribution >= 4 is 6.09 Å². The molecule has 0 saturated heterocycles. The van der Waals surface area contributed by atoms with Gasteiger partial charge in [0.2, 0.25) is 0 Å². The zero-order valence-corrected chi connectivity index (χ0v) is 14.4. The Morgan fingerprint density at radius 3 is 2.39 bits per heavy atom. The Bertz CT molecular complexity index is 381. The summed E-state index contributed by atoms with van der Waals surface area (Å²) in [5.41, 5.74) is -0.565. The molecule has 1 aliphatic carbocycles. The van der Waals surface area contributed by atoms with E-state index in [9.17, 15) is 18.0 Å². The first-order chi connectivity index (χ1) is 10.5. The van der Waals surface area contributed by atoms with Crippen LogP contribution in [0.15, 0.2) is 0 Å². The number of amides is 1. The van der Waals surface area contributed by atoms with Gasteiger partial charge in [0.1, 0.15) is 5.60 Å². The number of halogens is 3. The molecule has 0 heterocycles. The fourth-order valence-corrected chi connectivity index (χ4v) is 2.83. The molecule has 0 radical (unpaired) electrons. The van der Waals surface area contributed by atoms with Crippen molar-refractivity contribution in [3.8, 4) is 0 Å². The van der Waals surface area contributed by atoms with Gasteiger partial charge in [0.25, 0.3) is 0 Å². The molecule has 2 N–H and O–H groups in total. The van der Waals surface area contributed by atoms with E-state index >= 15 is 0 Å². The highest BCUT2D eigenvalue weighted by Gasteiger charge is 2.45. The summed E-state index contributed by atoms with van der Waals surface area (Å²) in [7, 11) is 0. The highest BCUT2D eigenvalue weighted by atomic mass is 19.4. The lowest BCUT2D eigenvalue weighted by Crippen LogP contribution is -2.46. The summed E-state index contributed by atoms with van der Waals surface area (Å²) in [5.74, 6) is -1.26. The van der Waals surface area contributed by atoms with E-state index in [4.69, 9.17) is 4.74 Å². The molecule has 0 aromatic rings. The summed E-state index contributed by atoms with van der Waals surface area (Å²) in [6.45, 7) is 7.58. The average Bonchev–Trinajstić information content (AvgIpc) is 2.35. The number of ether oxygens (including phenoxy) is 1. The highest BCUT2D eigenvalue weighted by Crippen LogP contribution is 2.37. The quantitative estimate of drug-likeness (QED) is 0.796. The van der Waals surface area contributed by atoms with Gasteiger partial charge in [0.15, 0.2) is 0 Å². The van der Waals surface area contributed by atoms with Crippen molar-refractivity contribution in [1.82, 2.24) is 10.6 Å². The SMILES string of the molecule is CC(CCNC1CCCCC1C(F)(F)F)NC(=O)OC(C)(C)C. The van der Waals surface area contributed by atoms with E-state index in [1.165, 1.54) is 0 Å². The molecule has 3 unspecified atom stereocenters. The number of hydrogen-bond donors (Lipinski definition) is 2. The van der Waals surface area contributed by atoms with Crippen molar-refractivity contribution in [2.45, 2.75) is 83.7 Å². The van der Waals surface area contributed by atoms with E-state index in [0.29, 0.717) is 25.8 Å². The maximum atomic E-state index is 13.0. The Labute approximate surface area is 136 Å². The highest BCUT2D eigenvalue weighted by molar-refractivity contribution is 5.67. The predicted octanol–water partition coefficient (Wildman–Crippen LogP) is 4.00. The molecular weight excluding hydrogens is 309 g/mol. The van der Waals surface area contributed by atoms with Gasteiger partial charge < -0.3 is 15.4 Å². The third kappa shape index (κ3) is 7.90. The minimum Gasteiger partial charge on any atom is -0.444 e. The summed E-state index contributed by atoms with van der Waals surface area (Å²) in [6.07, 6.45) is -1.87. The Morgan fingerprint density at radius 1 is 1.22 bits per heavy atom. The van der Waals surface area contributed by atoms with Crippen LogP contribution < -0.4 is 10.6 Å². The molecule has 0 aromatic carbocycles. The van der Waals surface area contributed by atoms with E-state index in [-0.39, 0.29) is 12.5 Å². The van der Waals surface area contributed by atoms with E-state index in [0.717, 1.165) is 6.42 Å². The fraction of sp³-hybridized carbons (Fsp3) is 0.938. The van der Waals surface area contributed by atoms with Crippen LogP contribution in [0.2, 0.25) is 0 Å². The van der Waals surface area contributed by atoms with Crippen LogP contribution in [0.3, 0.4) is 0 Å². The molecule has 0 bridgehead atoms. The molecule has 1 saturated carbocycles. The minimum absolute atomic E-state index is 0.162. The summed E-state index contributed by atoms with van der Waals surface area (Å²) < 4.78 is 44.1. The van der Waals surface area contributed by atoms with Crippen molar-refractivity contribution in [3.63, 3.8) is 0 Å². The van der Waals surface area contributed by atoms with Crippen LogP contribution in [0.25, 0.3) is 0 Å². The van der Waals surface area contributed by atoms with E-state index in [1.54, 1.807) is 20.8 Å². The van der Waals surface area contributed by atoms with Crippen molar-refractivity contribution < 1.29 is 22.7 Å². The molecule has 4 nitrogen and oxygen atoms in total. The monoisotopic (exact) mass is 338 g/mol. The van der Waals surface area contributed by atoms with E-state index in [1.807, 2.05) is 6.92 Å². The summed E-state index contributed by atoms with van der Waals surface area (Å²) >= 11 is 0. The molecule has 0 aliphatic heterocycles. The maximum Gasteiger partial charge on any atom is 0.407 e. The lowest BCUT2D eigenvalue weighted by atomic mass is 9.84. The van der Waals surface area contributed by atoms with Gasteiger partial charge in [-0.15, -0.1) is 0 Å². The Morgan fingerprint density at radius 2 is 1.83 bits per heavy atom. The van der Waals surface area contributed by atoms with Crippen molar-refractivity contribution in [3.05, 3.63) is 0 Å². The molecule has 0 spiro atoms. The first-order valence-corrected chi connectivity index (χ1v) is 8.28. The molecule has 1 amide bonds. The van der Waals surface area contributed by atoms with Gasteiger partial charge in [-0.05, 0) is 53.5 Å². The molecule has 136 valence electrons. The first kappa shape index (κ1) is 20.1. The van der Waals surface area contributed by atoms with E-state index in [2.05, 4.69) is 10.6 Å². The zero-order valence-electron chi connectivity index (χ0n) is 14.4. The Hall–Kier alpha value is -0.980. The molecule has 1 aliphatic rings. The topological polar surface area (TPSA) is 50.4 Å². The maximum absolute atomic E-state index is 13.0. The molecule has 7 heteroatoms. The third-order valence-corrected chi connectivity index (χ3v) is 3.93.